The lowest BCUT2D eigenvalue weighted by Crippen LogP contribution is -2.45. The molecule has 19 heavy (non-hydrogen) atoms. The summed E-state index contributed by atoms with van der Waals surface area (Å²) in [6.45, 7) is 1.79. The SMILES string of the molecule is COC(=O)[C@@H]1CCCC[C@@H]1NC(=O)c1cn[nH]c1C. The van der Waals surface area contributed by atoms with Gasteiger partial charge in [0, 0.05) is 11.7 Å². The highest BCUT2D eigenvalue weighted by atomic mass is 16.5. The number of hydrogen-bond acceptors (Lipinski definition) is 4. The van der Waals surface area contributed by atoms with Gasteiger partial charge in [-0.2, -0.15) is 5.10 Å². The molecule has 6 nitrogen and oxygen atoms in total. The second-order valence-corrected chi connectivity index (χ2v) is 4.90. The van der Waals surface area contributed by atoms with Gasteiger partial charge in [0.05, 0.1) is 24.8 Å². The Kier molecular flexibility index (Phi) is 4.19. The van der Waals surface area contributed by atoms with Crippen LogP contribution in [0.3, 0.4) is 0 Å². The summed E-state index contributed by atoms with van der Waals surface area (Å²) in [6.07, 6.45) is 5.09. The molecule has 0 unspecified atom stereocenters. The summed E-state index contributed by atoms with van der Waals surface area (Å²) >= 11 is 0. The topological polar surface area (TPSA) is 84.1 Å². The van der Waals surface area contributed by atoms with Crippen molar-refractivity contribution in [2.45, 2.75) is 38.6 Å². The molecule has 0 saturated heterocycles. The highest BCUT2D eigenvalue weighted by Crippen LogP contribution is 2.25. The van der Waals surface area contributed by atoms with Gasteiger partial charge in [0.1, 0.15) is 0 Å². The monoisotopic (exact) mass is 265 g/mol. The molecule has 0 aliphatic heterocycles. The van der Waals surface area contributed by atoms with Crippen molar-refractivity contribution in [3.63, 3.8) is 0 Å². The van der Waals surface area contributed by atoms with Gasteiger partial charge in [-0.25, -0.2) is 0 Å². The Bertz CT molecular complexity index is 469. The van der Waals surface area contributed by atoms with E-state index in [-0.39, 0.29) is 23.8 Å². The van der Waals surface area contributed by atoms with Crippen molar-refractivity contribution in [1.29, 1.82) is 0 Å². The second-order valence-electron chi connectivity index (χ2n) is 4.90. The number of nitrogens with one attached hydrogen (secondary N) is 2. The molecule has 1 aliphatic carbocycles. The van der Waals surface area contributed by atoms with Crippen LogP contribution < -0.4 is 5.32 Å². The quantitative estimate of drug-likeness (QED) is 0.804. The Morgan fingerprint density at radius 2 is 2.16 bits per heavy atom. The van der Waals surface area contributed by atoms with Crippen LogP contribution in [-0.2, 0) is 9.53 Å². The molecule has 1 heterocycles. The van der Waals surface area contributed by atoms with E-state index < -0.39 is 0 Å². The maximum absolute atomic E-state index is 12.1. The number of rotatable bonds is 3. The summed E-state index contributed by atoms with van der Waals surface area (Å²) in [5.41, 5.74) is 1.25. The van der Waals surface area contributed by atoms with Crippen molar-refractivity contribution in [3.8, 4) is 0 Å². The van der Waals surface area contributed by atoms with E-state index in [2.05, 4.69) is 15.5 Å². The van der Waals surface area contributed by atoms with Crippen LogP contribution in [0.2, 0.25) is 0 Å². The van der Waals surface area contributed by atoms with Crippen molar-refractivity contribution in [3.05, 3.63) is 17.5 Å². The van der Waals surface area contributed by atoms with Crippen molar-refractivity contribution in [2.24, 2.45) is 5.92 Å². The first-order valence-corrected chi connectivity index (χ1v) is 6.52. The largest absolute Gasteiger partial charge is 0.469 e. The van der Waals surface area contributed by atoms with Crippen LogP contribution in [0, 0.1) is 12.8 Å². The number of carbonyl (C=O) groups is 2. The van der Waals surface area contributed by atoms with E-state index in [1.165, 1.54) is 13.3 Å². The number of carbonyl (C=O) groups excluding carboxylic acids is 2. The van der Waals surface area contributed by atoms with Gasteiger partial charge >= 0.3 is 5.97 Å². The summed E-state index contributed by atoms with van der Waals surface area (Å²) in [7, 11) is 1.38. The zero-order valence-electron chi connectivity index (χ0n) is 11.2. The minimum Gasteiger partial charge on any atom is -0.469 e. The van der Waals surface area contributed by atoms with E-state index in [1.807, 2.05) is 0 Å². The first-order chi connectivity index (χ1) is 9.13. The summed E-state index contributed by atoms with van der Waals surface area (Å²) in [4.78, 5) is 23.8. The molecule has 1 amide bonds. The first kappa shape index (κ1) is 13.6. The molecule has 104 valence electrons. The van der Waals surface area contributed by atoms with Gasteiger partial charge in [-0.1, -0.05) is 12.8 Å². The van der Waals surface area contributed by atoms with E-state index in [0.717, 1.165) is 31.4 Å². The summed E-state index contributed by atoms with van der Waals surface area (Å²) in [5, 5.41) is 9.49. The summed E-state index contributed by atoms with van der Waals surface area (Å²) in [6, 6.07) is -0.150. The molecule has 2 atom stereocenters. The summed E-state index contributed by atoms with van der Waals surface area (Å²) < 4.78 is 4.81. The van der Waals surface area contributed by atoms with Gasteiger partial charge in [0.15, 0.2) is 0 Å². The van der Waals surface area contributed by atoms with Gasteiger partial charge < -0.3 is 10.1 Å². The average molecular weight is 265 g/mol. The predicted molar refractivity (Wildman–Crippen MR) is 68.6 cm³/mol. The van der Waals surface area contributed by atoms with Crippen molar-refractivity contribution >= 4 is 11.9 Å². The standard InChI is InChI=1S/C13H19N3O3/c1-8-10(7-14-16-8)12(17)15-11-6-4-3-5-9(11)13(18)19-2/h7,9,11H,3-6H2,1-2H3,(H,14,16)(H,15,17)/t9-,11+/m1/s1. The molecule has 1 fully saturated rings. The van der Waals surface area contributed by atoms with Crippen LogP contribution in [0.4, 0.5) is 0 Å². The molecule has 2 N–H and O–H groups in total. The minimum atomic E-state index is -0.242. The number of H-pyrrole nitrogens is 1. The van der Waals surface area contributed by atoms with Crippen LogP contribution in [-0.4, -0.2) is 35.2 Å². The van der Waals surface area contributed by atoms with Crippen LogP contribution in [0.5, 0.6) is 0 Å². The highest BCUT2D eigenvalue weighted by Gasteiger charge is 2.33. The lowest BCUT2D eigenvalue weighted by Gasteiger charge is -2.30. The third-order valence-corrected chi connectivity index (χ3v) is 3.66. The predicted octanol–water partition coefficient (Wildman–Crippen LogP) is 1.18. The molecule has 1 aromatic rings. The van der Waals surface area contributed by atoms with E-state index >= 15 is 0 Å². The Hall–Kier alpha value is -1.85. The lowest BCUT2D eigenvalue weighted by molar-refractivity contribution is -0.147. The number of hydrogen-bond donors (Lipinski definition) is 2. The minimum absolute atomic E-state index is 0.150. The number of methoxy groups -OCH3 is 1. The number of nitrogens with zero attached hydrogens (tertiary/aromatic N) is 1. The molecular formula is C13H19N3O3. The molecule has 1 aliphatic rings. The van der Waals surface area contributed by atoms with Gasteiger partial charge in [-0.15, -0.1) is 0 Å². The van der Waals surface area contributed by atoms with Crippen LogP contribution in [0.1, 0.15) is 41.7 Å². The molecule has 0 bridgehead atoms. The normalized spacial score (nSPS) is 22.8. The fraction of sp³-hybridized carbons (Fsp3) is 0.615. The zero-order valence-corrected chi connectivity index (χ0v) is 11.2. The summed E-state index contributed by atoms with van der Waals surface area (Å²) in [5.74, 6) is -0.670. The zero-order chi connectivity index (χ0) is 13.8. The van der Waals surface area contributed by atoms with E-state index in [1.54, 1.807) is 6.92 Å². The Labute approximate surface area is 111 Å². The Balaban J connectivity index is 2.05. The smallest absolute Gasteiger partial charge is 0.310 e. The maximum atomic E-state index is 12.1. The van der Waals surface area contributed by atoms with Crippen LogP contribution in [0.15, 0.2) is 6.20 Å². The average Bonchev–Trinajstić information content (AvgIpc) is 2.85. The molecule has 2 rings (SSSR count). The number of aromatic amines is 1. The highest BCUT2D eigenvalue weighted by molar-refractivity contribution is 5.95. The lowest BCUT2D eigenvalue weighted by atomic mass is 9.84. The number of aromatic nitrogens is 2. The second kappa shape index (κ2) is 5.86. The molecule has 0 spiro atoms. The Morgan fingerprint density at radius 3 is 2.79 bits per heavy atom. The van der Waals surface area contributed by atoms with Crippen LogP contribution in [0.25, 0.3) is 0 Å². The number of aryl methyl sites for hydroxylation is 1. The number of amides is 1. The maximum Gasteiger partial charge on any atom is 0.310 e. The van der Waals surface area contributed by atoms with Crippen molar-refractivity contribution in [2.75, 3.05) is 7.11 Å². The number of ether oxygens (including phenoxy) is 1. The van der Waals surface area contributed by atoms with Gasteiger partial charge in [-0.05, 0) is 19.8 Å². The third-order valence-electron chi connectivity index (χ3n) is 3.66. The third kappa shape index (κ3) is 2.94. The van der Waals surface area contributed by atoms with Crippen LogP contribution >= 0.6 is 0 Å². The molecular weight excluding hydrogens is 246 g/mol. The fourth-order valence-corrected chi connectivity index (χ4v) is 2.56. The van der Waals surface area contributed by atoms with E-state index in [4.69, 9.17) is 4.74 Å². The first-order valence-electron chi connectivity index (χ1n) is 6.52. The van der Waals surface area contributed by atoms with Gasteiger partial charge in [0.25, 0.3) is 5.91 Å². The molecule has 0 radical (unpaired) electrons. The number of esters is 1. The molecule has 0 aromatic carbocycles. The van der Waals surface area contributed by atoms with Gasteiger partial charge in [-0.3, -0.25) is 14.7 Å². The Morgan fingerprint density at radius 1 is 1.42 bits per heavy atom. The molecule has 1 aromatic heterocycles. The fourth-order valence-electron chi connectivity index (χ4n) is 2.56. The van der Waals surface area contributed by atoms with E-state index in [0.29, 0.717) is 5.56 Å². The van der Waals surface area contributed by atoms with Crippen molar-refractivity contribution < 1.29 is 14.3 Å². The van der Waals surface area contributed by atoms with Gasteiger partial charge in [0.2, 0.25) is 0 Å². The molecule has 1 saturated carbocycles. The van der Waals surface area contributed by atoms with Crippen molar-refractivity contribution in [1.82, 2.24) is 15.5 Å². The molecule has 6 heteroatoms. The van der Waals surface area contributed by atoms with E-state index in [9.17, 15) is 9.59 Å².